The average molecular weight is 307 g/mol. The summed E-state index contributed by atoms with van der Waals surface area (Å²) in [7, 11) is 0. The van der Waals surface area contributed by atoms with Gasteiger partial charge in [-0.05, 0) is 45.1 Å². The van der Waals surface area contributed by atoms with Crippen molar-refractivity contribution < 1.29 is 14.7 Å². The van der Waals surface area contributed by atoms with Gasteiger partial charge in [-0.1, -0.05) is 13.8 Å². The van der Waals surface area contributed by atoms with E-state index in [9.17, 15) is 9.59 Å². The summed E-state index contributed by atoms with van der Waals surface area (Å²) in [5.74, 6) is -1.15. The highest BCUT2D eigenvalue weighted by molar-refractivity contribution is 5.93. The number of aliphatic carboxylic acids is 1. The van der Waals surface area contributed by atoms with Crippen LogP contribution in [0.1, 0.15) is 74.6 Å². The van der Waals surface area contributed by atoms with Gasteiger partial charge in [-0.3, -0.25) is 14.3 Å². The molecule has 6 nitrogen and oxygen atoms in total. The van der Waals surface area contributed by atoms with E-state index in [1.807, 2.05) is 11.6 Å². The Hall–Kier alpha value is -1.85. The van der Waals surface area contributed by atoms with Crippen molar-refractivity contribution in [1.29, 1.82) is 0 Å². The largest absolute Gasteiger partial charge is 0.481 e. The van der Waals surface area contributed by atoms with Gasteiger partial charge in [-0.25, -0.2) is 0 Å². The Balaban J connectivity index is 2.13. The third-order valence-electron chi connectivity index (χ3n) is 4.62. The van der Waals surface area contributed by atoms with E-state index in [0.717, 1.165) is 37.8 Å². The van der Waals surface area contributed by atoms with Gasteiger partial charge in [0, 0.05) is 5.69 Å². The molecule has 1 heterocycles. The van der Waals surface area contributed by atoms with Crippen LogP contribution in [0.2, 0.25) is 0 Å². The number of aromatic nitrogens is 2. The molecule has 122 valence electrons. The van der Waals surface area contributed by atoms with E-state index < -0.39 is 11.5 Å². The zero-order valence-electron chi connectivity index (χ0n) is 13.6. The molecule has 1 aromatic rings. The third kappa shape index (κ3) is 3.31. The zero-order chi connectivity index (χ0) is 16.3. The standard InChI is InChI=1S/C16H25N3O3/c1-4-12(5-2)19-11(3)9-13(18-19)15(22)17-16(7-6-8-16)10-14(20)21/h9,12H,4-8,10H2,1-3H3,(H,17,22)(H,20,21). The van der Waals surface area contributed by atoms with Crippen molar-refractivity contribution in [1.82, 2.24) is 15.1 Å². The maximum Gasteiger partial charge on any atom is 0.305 e. The first-order chi connectivity index (χ1) is 10.4. The van der Waals surface area contributed by atoms with Crippen LogP contribution in [0.25, 0.3) is 0 Å². The quantitative estimate of drug-likeness (QED) is 0.811. The summed E-state index contributed by atoms with van der Waals surface area (Å²) in [6.45, 7) is 6.15. The summed E-state index contributed by atoms with van der Waals surface area (Å²) in [5.41, 5.74) is 0.746. The molecule has 2 N–H and O–H groups in total. The lowest BCUT2D eigenvalue weighted by molar-refractivity contribution is -0.139. The van der Waals surface area contributed by atoms with Crippen LogP contribution in [-0.2, 0) is 4.79 Å². The number of nitrogens with zero attached hydrogens (tertiary/aromatic N) is 2. The second kappa shape index (κ2) is 6.50. The Kier molecular flexibility index (Phi) is 4.88. The summed E-state index contributed by atoms with van der Waals surface area (Å²) < 4.78 is 1.90. The zero-order valence-corrected chi connectivity index (χ0v) is 13.6. The van der Waals surface area contributed by atoms with Crippen molar-refractivity contribution in [3.63, 3.8) is 0 Å². The van der Waals surface area contributed by atoms with Gasteiger partial charge in [0.2, 0.25) is 0 Å². The molecule has 0 unspecified atom stereocenters. The third-order valence-corrected chi connectivity index (χ3v) is 4.62. The van der Waals surface area contributed by atoms with Gasteiger partial charge in [0.05, 0.1) is 18.0 Å². The molecule has 0 saturated heterocycles. The molecule has 0 radical (unpaired) electrons. The minimum atomic E-state index is -0.876. The van der Waals surface area contributed by atoms with E-state index in [-0.39, 0.29) is 12.3 Å². The van der Waals surface area contributed by atoms with Gasteiger partial charge in [-0.2, -0.15) is 5.10 Å². The maximum atomic E-state index is 12.4. The second-order valence-electron chi connectivity index (χ2n) is 6.24. The van der Waals surface area contributed by atoms with Gasteiger partial charge in [-0.15, -0.1) is 0 Å². The van der Waals surface area contributed by atoms with Gasteiger partial charge < -0.3 is 10.4 Å². The normalized spacial score (nSPS) is 16.4. The first kappa shape index (κ1) is 16.5. The van der Waals surface area contributed by atoms with E-state index in [1.54, 1.807) is 6.07 Å². The van der Waals surface area contributed by atoms with Crippen molar-refractivity contribution in [2.45, 2.75) is 70.9 Å². The van der Waals surface area contributed by atoms with Gasteiger partial charge in [0.15, 0.2) is 0 Å². The number of carboxylic acid groups (broad SMARTS) is 1. The van der Waals surface area contributed by atoms with Crippen molar-refractivity contribution in [2.24, 2.45) is 0 Å². The second-order valence-corrected chi connectivity index (χ2v) is 6.24. The summed E-state index contributed by atoms with van der Waals surface area (Å²) in [6, 6.07) is 2.07. The van der Waals surface area contributed by atoms with Crippen LogP contribution < -0.4 is 5.32 Å². The van der Waals surface area contributed by atoms with Crippen molar-refractivity contribution >= 4 is 11.9 Å². The molecule has 1 aliphatic carbocycles. The summed E-state index contributed by atoms with van der Waals surface area (Å²) in [5, 5.41) is 16.3. The number of hydrogen-bond donors (Lipinski definition) is 2. The highest BCUT2D eigenvalue weighted by atomic mass is 16.4. The highest BCUT2D eigenvalue weighted by Gasteiger charge is 2.40. The number of nitrogens with one attached hydrogen (secondary N) is 1. The van der Waals surface area contributed by atoms with E-state index >= 15 is 0 Å². The van der Waals surface area contributed by atoms with E-state index in [1.165, 1.54) is 0 Å². The SMILES string of the molecule is CCC(CC)n1nc(C(=O)NC2(CC(=O)O)CCC2)cc1C. The van der Waals surface area contributed by atoms with Gasteiger partial charge >= 0.3 is 5.97 Å². The van der Waals surface area contributed by atoms with Crippen LogP contribution in [0.3, 0.4) is 0 Å². The van der Waals surface area contributed by atoms with E-state index in [2.05, 4.69) is 24.3 Å². The first-order valence-electron chi connectivity index (χ1n) is 8.01. The molecule has 0 aliphatic heterocycles. The number of carbonyl (C=O) groups is 2. The van der Waals surface area contributed by atoms with E-state index in [4.69, 9.17) is 5.11 Å². The van der Waals surface area contributed by atoms with Crippen LogP contribution in [0.4, 0.5) is 0 Å². The average Bonchev–Trinajstić information content (AvgIpc) is 2.80. The smallest absolute Gasteiger partial charge is 0.305 e. The summed E-state index contributed by atoms with van der Waals surface area (Å²) in [4.78, 5) is 23.4. The van der Waals surface area contributed by atoms with Crippen molar-refractivity contribution in [3.05, 3.63) is 17.5 Å². The lowest BCUT2D eigenvalue weighted by atomic mass is 9.74. The molecule has 2 rings (SSSR count). The number of aryl methyl sites for hydroxylation is 1. The van der Waals surface area contributed by atoms with Crippen LogP contribution >= 0.6 is 0 Å². The van der Waals surface area contributed by atoms with Gasteiger partial charge in [0.25, 0.3) is 5.91 Å². The molecule has 1 aliphatic rings. The number of hydrogen-bond acceptors (Lipinski definition) is 3. The predicted octanol–water partition coefficient (Wildman–Crippen LogP) is 2.68. The molecule has 1 saturated carbocycles. The molecule has 0 atom stereocenters. The Bertz CT molecular complexity index is 557. The Labute approximate surface area is 130 Å². The molecule has 22 heavy (non-hydrogen) atoms. The van der Waals surface area contributed by atoms with Crippen LogP contribution in [-0.4, -0.2) is 32.3 Å². The fourth-order valence-electron chi connectivity index (χ4n) is 3.15. The Morgan fingerprint density at radius 3 is 2.50 bits per heavy atom. The fourth-order valence-corrected chi connectivity index (χ4v) is 3.15. The molecule has 1 amide bonds. The minimum absolute atomic E-state index is 0.0228. The van der Waals surface area contributed by atoms with Crippen LogP contribution in [0, 0.1) is 6.92 Å². The van der Waals surface area contributed by atoms with Crippen LogP contribution in [0.15, 0.2) is 6.07 Å². The molecule has 1 aromatic heterocycles. The first-order valence-corrected chi connectivity index (χ1v) is 8.01. The maximum absolute atomic E-state index is 12.4. The number of rotatable bonds is 7. The molecule has 1 fully saturated rings. The molecule has 6 heteroatoms. The lowest BCUT2D eigenvalue weighted by Gasteiger charge is -2.41. The lowest BCUT2D eigenvalue weighted by Crippen LogP contribution is -2.54. The monoisotopic (exact) mass is 307 g/mol. The molecular weight excluding hydrogens is 282 g/mol. The molecule has 0 spiro atoms. The topological polar surface area (TPSA) is 84.2 Å². The highest BCUT2D eigenvalue weighted by Crippen LogP contribution is 2.35. The Morgan fingerprint density at radius 1 is 1.41 bits per heavy atom. The number of amides is 1. The molecule has 0 aromatic carbocycles. The fraction of sp³-hybridized carbons (Fsp3) is 0.688. The Morgan fingerprint density at radius 2 is 2.05 bits per heavy atom. The van der Waals surface area contributed by atoms with Crippen molar-refractivity contribution in [2.75, 3.05) is 0 Å². The minimum Gasteiger partial charge on any atom is -0.481 e. The molecular formula is C16H25N3O3. The predicted molar refractivity (Wildman–Crippen MR) is 82.9 cm³/mol. The number of carboxylic acids is 1. The molecule has 0 bridgehead atoms. The van der Waals surface area contributed by atoms with Gasteiger partial charge in [0.1, 0.15) is 5.69 Å². The van der Waals surface area contributed by atoms with Crippen molar-refractivity contribution in [3.8, 4) is 0 Å². The van der Waals surface area contributed by atoms with Crippen LogP contribution in [0.5, 0.6) is 0 Å². The summed E-state index contributed by atoms with van der Waals surface area (Å²) >= 11 is 0. The summed E-state index contributed by atoms with van der Waals surface area (Å²) in [6.07, 6.45) is 4.29. The number of carbonyl (C=O) groups excluding carboxylic acids is 1. The van der Waals surface area contributed by atoms with E-state index in [0.29, 0.717) is 11.7 Å².